The van der Waals surface area contributed by atoms with Crippen molar-refractivity contribution in [3.8, 4) is 0 Å². The van der Waals surface area contributed by atoms with Gasteiger partial charge in [0.2, 0.25) is 0 Å². The molecule has 2 rings (SSSR count). The molecular weight excluding hydrogens is 204 g/mol. The van der Waals surface area contributed by atoms with E-state index in [1.807, 2.05) is 26.8 Å². The van der Waals surface area contributed by atoms with E-state index in [4.69, 9.17) is 4.74 Å². The molecule has 0 fully saturated rings. The summed E-state index contributed by atoms with van der Waals surface area (Å²) < 4.78 is 5.29. The number of carbonyl (C=O) groups is 1. The molecule has 0 saturated heterocycles. The maximum absolute atomic E-state index is 11.9. The lowest BCUT2D eigenvalue weighted by molar-refractivity contribution is 0.00659. The van der Waals surface area contributed by atoms with Gasteiger partial charge in [0.05, 0.1) is 5.52 Å². The predicted molar refractivity (Wildman–Crippen MR) is 61.3 cm³/mol. The summed E-state index contributed by atoms with van der Waals surface area (Å²) in [5, 5.41) is 0.789. The molecule has 0 saturated carbocycles. The van der Waals surface area contributed by atoms with E-state index in [2.05, 4.69) is 9.97 Å². The molecule has 0 spiro atoms. The molecule has 0 aliphatic heterocycles. The fraction of sp³-hybridized carbons (Fsp3) is 0.333. The topological polar surface area (TPSA) is 55.0 Å². The number of nitrogens with zero attached hydrogens (tertiary/aromatic N) is 1. The average Bonchev–Trinajstić information content (AvgIpc) is 2.58. The first-order valence-corrected chi connectivity index (χ1v) is 5.13. The van der Waals surface area contributed by atoms with Crippen LogP contribution in [-0.2, 0) is 4.74 Å². The Balaban J connectivity index is 2.37. The molecule has 84 valence electrons. The van der Waals surface area contributed by atoms with Gasteiger partial charge in [-0.05, 0) is 32.9 Å². The van der Waals surface area contributed by atoms with Crippen LogP contribution >= 0.6 is 0 Å². The Morgan fingerprint density at radius 1 is 1.44 bits per heavy atom. The quantitative estimate of drug-likeness (QED) is 0.748. The summed E-state index contributed by atoms with van der Waals surface area (Å²) in [4.78, 5) is 18.9. The normalized spacial score (nSPS) is 11.7. The van der Waals surface area contributed by atoms with Crippen LogP contribution in [0.15, 0.2) is 24.5 Å². The van der Waals surface area contributed by atoms with Gasteiger partial charge in [0.15, 0.2) is 0 Å². The zero-order chi connectivity index (χ0) is 11.8. The first-order valence-electron chi connectivity index (χ1n) is 5.13. The lowest BCUT2D eigenvalue weighted by atomic mass is 10.2. The van der Waals surface area contributed by atoms with Gasteiger partial charge in [-0.25, -0.2) is 4.79 Å². The largest absolute Gasteiger partial charge is 0.455 e. The molecule has 0 atom stereocenters. The lowest BCUT2D eigenvalue weighted by Gasteiger charge is -2.18. The molecular formula is C12H14N2O2. The van der Waals surface area contributed by atoms with E-state index < -0.39 is 5.60 Å². The van der Waals surface area contributed by atoms with Gasteiger partial charge in [0.25, 0.3) is 0 Å². The Kier molecular flexibility index (Phi) is 2.42. The van der Waals surface area contributed by atoms with E-state index >= 15 is 0 Å². The van der Waals surface area contributed by atoms with Crippen molar-refractivity contribution >= 4 is 16.9 Å². The van der Waals surface area contributed by atoms with Gasteiger partial charge in [-0.2, -0.15) is 0 Å². The summed E-state index contributed by atoms with van der Waals surface area (Å²) in [6.45, 7) is 5.52. The molecule has 0 aliphatic carbocycles. The summed E-state index contributed by atoms with van der Waals surface area (Å²) in [5.41, 5.74) is 0.734. The highest BCUT2D eigenvalue weighted by Crippen LogP contribution is 2.18. The van der Waals surface area contributed by atoms with Crippen LogP contribution in [0.1, 0.15) is 31.3 Å². The second kappa shape index (κ2) is 3.63. The number of rotatable bonds is 1. The van der Waals surface area contributed by atoms with Crippen LogP contribution in [0.4, 0.5) is 0 Å². The molecule has 4 heteroatoms. The smallest absolute Gasteiger partial charge is 0.355 e. The highest BCUT2D eigenvalue weighted by molar-refractivity contribution is 6.02. The van der Waals surface area contributed by atoms with Crippen LogP contribution in [0.2, 0.25) is 0 Å². The number of hydrogen-bond acceptors (Lipinski definition) is 3. The molecule has 2 heterocycles. The van der Waals surface area contributed by atoms with Crippen LogP contribution in [0.25, 0.3) is 10.9 Å². The second-order valence-electron chi connectivity index (χ2n) is 4.60. The van der Waals surface area contributed by atoms with Crippen molar-refractivity contribution in [1.82, 2.24) is 9.97 Å². The van der Waals surface area contributed by atoms with E-state index in [0.717, 1.165) is 10.9 Å². The van der Waals surface area contributed by atoms with Crippen LogP contribution in [-0.4, -0.2) is 21.5 Å². The van der Waals surface area contributed by atoms with Gasteiger partial charge >= 0.3 is 5.97 Å². The second-order valence-corrected chi connectivity index (χ2v) is 4.60. The molecule has 0 aromatic carbocycles. The fourth-order valence-corrected chi connectivity index (χ4v) is 1.46. The van der Waals surface area contributed by atoms with Crippen molar-refractivity contribution < 1.29 is 9.53 Å². The van der Waals surface area contributed by atoms with Crippen molar-refractivity contribution in [3.63, 3.8) is 0 Å². The van der Waals surface area contributed by atoms with Crippen LogP contribution in [0.3, 0.4) is 0 Å². The molecule has 0 amide bonds. The van der Waals surface area contributed by atoms with Crippen LogP contribution in [0.5, 0.6) is 0 Å². The van der Waals surface area contributed by atoms with Crippen LogP contribution < -0.4 is 0 Å². The third-order valence-corrected chi connectivity index (χ3v) is 2.06. The monoisotopic (exact) mass is 218 g/mol. The molecule has 2 aromatic heterocycles. The SMILES string of the molecule is CC(C)(C)OC(=O)c1[nH]cc2ncccc12. The Morgan fingerprint density at radius 2 is 2.19 bits per heavy atom. The van der Waals surface area contributed by atoms with E-state index in [0.29, 0.717) is 5.69 Å². The Hall–Kier alpha value is -1.84. The zero-order valence-electron chi connectivity index (χ0n) is 9.57. The minimum Gasteiger partial charge on any atom is -0.455 e. The minimum atomic E-state index is -0.489. The third kappa shape index (κ3) is 2.05. The first kappa shape index (κ1) is 10.7. The molecule has 1 N–H and O–H groups in total. The molecule has 0 bridgehead atoms. The number of ether oxygens (including phenoxy) is 1. The number of hydrogen-bond donors (Lipinski definition) is 1. The van der Waals surface area contributed by atoms with Gasteiger partial charge < -0.3 is 9.72 Å². The summed E-state index contributed by atoms with van der Waals surface area (Å²) in [7, 11) is 0. The number of aromatic amines is 1. The summed E-state index contributed by atoms with van der Waals surface area (Å²) >= 11 is 0. The number of carbonyl (C=O) groups excluding carboxylic acids is 1. The van der Waals surface area contributed by atoms with Crippen molar-refractivity contribution in [1.29, 1.82) is 0 Å². The zero-order valence-corrected chi connectivity index (χ0v) is 9.57. The number of fused-ring (bicyclic) bond motifs is 1. The van der Waals surface area contributed by atoms with Gasteiger partial charge in [0, 0.05) is 17.8 Å². The summed E-state index contributed by atoms with van der Waals surface area (Å²) in [6, 6.07) is 3.64. The number of H-pyrrole nitrogens is 1. The number of nitrogens with one attached hydrogen (secondary N) is 1. The van der Waals surface area contributed by atoms with E-state index in [1.165, 1.54) is 0 Å². The Labute approximate surface area is 93.6 Å². The van der Waals surface area contributed by atoms with Crippen molar-refractivity contribution in [2.24, 2.45) is 0 Å². The van der Waals surface area contributed by atoms with E-state index in [9.17, 15) is 4.79 Å². The minimum absolute atomic E-state index is 0.351. The lowest BCUT2D eigenvalue weighted by Crippen LogP contribution is -2.24. The molecule has 0 aliphatic rings. The standard InChI is InChI=1S/C12H14N2O2/c1-12(2,3)16-11(15)10-8-5-4-6-13-9(8)7-14-10/h4-7,14H,1-3H3. The van der Waals surface area contributed by atoms with Crippen molar-refractivity contribution in [2.75, 3.05) is 0 Å². The fourth-order valence-electron chi connectivity index (χ4n) is 1.46. The highest BCUT2D eigenvalue weighted by Gasteiger charge is 2.20. The van der Waals surface area contributed by atoms with E-state index in [1.54, 1.807) is 18.5 Å². The summed E-state index contributed by atoms with van der Waals surface area (Å²) in [5.74, 6) is -0.351. The third-order valence-electron chi connectivity index (χ3n) is 2.06. The Morgan fingerprint density at radius 3 is 2.88 bits per heavy atom. The summed E-state index contributed by atoms with van der Waals surface area (Å²) in [6.07, 6.45) is 3.39. The first-order chi connectivity index (χ1) is 7.47. The number of pyridine rings is 1. The van der Waals surface area contributed by atoms with Crippen molar-refractivity contribution in [2.45, 2.75) is 26.4 Å². The average molecular weight is 218 g/mol. The molecule has 0 radical (unpaired) electrons. The molecule has 0 unspecified atom stereocenters. The maximum Gasteiger partial charge on any atom is 0.355 e. The van der Waals surface area contributed by atoms with Gasteiger partial charge in [-0.15, -0.1) is 0 Å². The van der Waals surface area contributed by atoms with Crippen LogP contribution in [0, 0.1) is 0 Å². The molecule has 16 heavy (non-hydrogen) atoms. The molecule has 2 aromatic rings. The predicted octanol–water partition coefficient (Wildman–Crippen LogP) is 2.52. The van der Waals surface area contributed by atoms with Crippen molar-refractivity contribution in [3.05, 3.63) is 30.2 Å². The highest BCUT2D eigenvalue weighted by atomic mass is 16.6. The van der Waals surface area contributed by atoms with Gasteiger partial charge in [-0.1, -0.05) is 0 Å². The number of aromatic nitrogens is 2. The van der Waals surface area contributed by atoms with E-state index in [-0.39, 0.29) is 5.97 Å². The maximum atomic E-state index is 11.9. The number of esters is 1. The van der Waals surface area contributed by atoms with Gasteiger partial charge in [-0.3, -0.25) is 4.98 Å². The Bertz CT molecular complexity index is 523. The molecule has 4 nitrogen and oxygen atoms in total. The van der Waals surface area contributed by atoms with Gasteiger partial charge in [0.1, 0.15) is 11.3 Å².